The maximum absolute atomic E-state index is 14.8. The van der Waals surface area contributed by atoms with Crippen molar-refractivity contribution in [2.75, 3.05) is 0 Å². The molecule has 0 unspecified atom stereocenters. The van der Waals surface area contributed by atoms with Crippen molar-refractivity contribution in [1.82, 2.24) is 29.8 Å². The fourth-order valence-corrected chi connectivity index (χ4v) is 5.92. The van der Waals surface area contributed by atoms with Gasteiger partial charge in [0.2, 0.25) is 5.89 Å². The minimum atomic E-state index is -0.910. The van der Waals surface area contributed by atoms with Gasteiger partial charge >= 0.3 is 5.76 Å². The number of benzene rings is 3. The van der Waals surface area contributed by atoms with E-state index in [1.165, 1.54) is 6.07 Å². The first-order valence-electron chi connectivity index (χ1n) is 15.7. The van der Waals surface area contributed by atoms with Gasteiger partial charge in [-0.3, -0.25) is 18.9 Å². The molecule has 3 aromatic carbocycles. The first-order chi connectivity index (χ1) is 23.0. The highest BCUT2D eigenvalue weighted by Gasteiger charge is 2.32. The first kappa shape index (κ1) is 32.8. The average molecular weight is 669 g/mol. The Kier molecular flexibility index (Phi) is 9.23. The first-order valence-corrected chi connectivity index (χ1v) is 16.1. The number of aromatic nitrogens is 6. The number of H-pyrrole nitrogens is 1. The lowest BCUT2D eigenvalue weighted by Gasteiger charge is -2.21. The summed E-state index contributed by atoms with van der Waals surface area (Å²) in [4.78, 5) is 37.7. The Hall–Kier alpha value is -5.16. The van der Waals surface area contributed by atoms with Gasteiger partial charge in [-0.2, -0.15) is 4.98 Å². The largest absolute Gasteiger partial charge is 0.439 e. The number of halogens is 2. The van der Waals surface area contributed by atoms with Crippen molar-refractivity contribution in [1.29, 1.82) is 0 Å². The van der Waals surface area contributed by atoms with Crippen LogP contribution in [0.4, 0.5) is 4.39 Å². The van der Waals surface area contributed by atoms with Crippen LogP contribution in [0.1, 0.15) is 73.5 Å². The second-order valence-corrected chi connectivity index (χ2v) is 12.6. The van der Waals surface area contributed by atoms with E-state index in [4.69, 9.17) is 25.6 Å². The van der Waals surface area contributed by atoms with Gasteiger partial charge in [0.05, 0.1) is 18.4 Å². The SMILES string of the molecule is CCCCc1nc(C)c(Cc2nc(C(C)(C)c3ccc(Cl)cc3F)no2)c(=O)n1Cc1ccc(-c2ccccc2-c2noc(=O)[nH]2)cc1. The minimum absolute atomic E-state index is 0.0811. The molecule has 3 heterocycles. The molecular weight excluding hydrogens is 635 g/mol. The molecule has 0 fully saturated rings. The number of nitrogens with zero attached hydrogens (tertiary/aromatic N) is 5. The van der Waals surface area contributed by atoms with E-state index in [-0.39, 0.29) is 17.9 Å². The number of hydrogen-bond donors (Lipinski definition) is 1. The van der Waals surface area contributed by atoms with E-state index in [0.29, 0.717) is 52.3 Å². The van der Waals surface area contributed by atoms with Crippen LogP contribution in [0.3, 0.4) is 0 Å². The summed E-state index contributed by atoms with van der Waals surface area (Å²) in [6.45, 7) is 7.83. The molecule has 246 valence electrons. The van der Waals surface area contributed by atoms with E-state index < -0.39 is 17.0 Å². The molecule has 0 saturated carbocycles. The molecule has 0 amide bonds. The standard InChI is InChI=1S/C36H34ClFN6O4/c1-5-6-11-30-39-21(2)27(19-31-40-34(43-47-31)36(3,4)28-17-16-24(37)18-29(28)38)33(45)44(30)20-22-12-14-23(15-13-22)25-9-7-8-10-26(25)32-41-35(46)48-42-32/h7-10,12-18H,5-6,11,19-20H2,1-4H3,(H,41,42,46). The Morgan fingerprint density at radius 3 is 2.40 bits per heavy atom. The second kappa shape index (κ2) is 13.5. The van der Waals surface area contributed by atoms with Crippen molar-refractivity contribution in [3.63, 3.8) is 0 Å². The van der Waals surface area contributed by atoms with Crippen LogP contribution in [-0.4, -0.2) is 29.8 Å². The van der Waals surface area contributed by atoms with Crippen LogP contribution in [0.2, 0.25) is 5.02 Å². The van der Waals surface area contributed by atoms with Crippen LogP contribution >= 0.6 is 11.6 Å². The molecule has 0 aliphatic carbocycles. The van der Waals surface area contributed by atoms with Crippen molar-refractivity contribution >= 4 is 11.6 Å². The van der Waals surface area contributed by atoms with E-state index in [0.717, 1.165) is 35.1 Å². The molecule has 6 aromatic rings. The van der Waals surface area contributed by atoms with Crippen LogP contribution in [0.25, 0.3) is 22.5 Å². The fraction of sp³-hybridized carbons (Fsp3) is 0.278. The number of nitrogens with one attached hydrogen (secondary N) is 1. The summed E-state index contributed by atoms with van der Waals surface area (Å²) in [6.07, 6.45) is 2.57. The summed E-state index contributed by atoms with van der Waals surface area (Å²) in [5.41, 5.74) is 3.76. The zero-order valence-corrected chi connectivity index (χ0v) is 27.8. The lowest BCUT2D eigenvalue weighted by molar-refractivity contribution is 0.369. The summed E-state index contributed by atoms with van der Waals surface area (Å²) in [6, 6.07) is 19.9. The van der Waals surface area contributed by atoms with Gasteiger partial charge in [0, 0.05) is 33.8 Å². The third-order valence-electron chi connectivity index (χ3n) is 8.49. The van der Waals surface area contributed by atoms with Gasteiger partial charge in [-0.25, -0.2) is 14.2 Å². The maximum atomic E-state index is 14.8. The summed E-state index contributed by atoms with van der Waals surface area (Å²) in [7, 11) is 0. The fourth-order valence-electron chi connectivity index (χ4n) is 5.76. The monoisotopic (exact) mass is 668 g/mol. The van der Waals surface area contributed by atoms with Crippen LogP contribution in [0, 0.1) is 12.7 Å². The normalized spacial score (nSPS) is 11.7. The second-order valence-electron chi connectivity index (χ2n) is 12.2. The molecule has 0 aliphatic rings. The van der Waals surface area contributed by atoms with Crippen molar-refractivity contribution in [2.45, 2.75) is 65.3 Å². The van der Waals surface area contributed by atoms with Crippen molar-refractivity contribution in [2.24, 2.45) is 0 Å². The van der Waals surface area contributed by atoms with Gasteiger partial charge in [0.15, 0.2) is 11.6 Å². The molecule has 0 atom stereocenters. The molecule has 0 aliphatic heterocycles. The number of rotatable bonds is 11. The Morgan fingerprint density at radius 2 is 1.71 bits per heavy atom. The van der Waals surface area contributed by atoms with Gasteiger partial charge in [0.25, 0.3) is 5.56 Å². The molecule has 1 N–H and O–H groups in total. The Balaban J connectivity index is 1.30. The number of aryl methyl sites for hydroxylation is 2. The predicted molar refractivity (Wildman–Crippen MR) is 180 cm³/mol. The summed E-state index contributed by atoms with van der Waals surface area (Å²) in [5.74, 6) is 0.493. The molecule has 0 saturated heterocycles. The highest BCUT2D eigenvalue weighted by Crippen LogP contribution is 2.33. The minimum Gasteiger partial charge on any atom is -0.339 e. The van der Waals surface area contributed by atoms with Crippen LogP contribution in [0.5, 0.6) is 0 Å². The van der Waals surface area contributed by atoms with Crippen LogP contribution in [0.15, 0.2) is 85.4 Å². The van der Waals surface area contributed by atoms with Crippen molar-refractivity contribution < 1.29 is 13.4 Å². The van der Waals surface area contributed by atoms with E-state index >= 15 is 0 Å². The summed E-state index contributed by atoms with van der Waals surface area (Å²) in [5, 5.41) is 8.29. The Morgan fingerprint density at radius 1 is 0.958 bits per heavy atom. The van der Waals surface area contributed by atoms with Gasteiger partial charge in [-0.05, 0) is 56.0 Å². The molecule has 48 heavy (non-hydrogen) atoms. The third kappa shape index (κ3) is 6.64. The smallest absolute Gasteiger partial charge is 0.339 e. The lowest BCUT2D eigenvalue weighted by atomic mass is 9.83. The van der Waals surface area contributed by atoms with Gasteiger partial charge in [-0.15, -0.1) is 0 Å². The number of aromatic amines is 1. The molecule has 0 bridgehead atoms. The molecule has 12 heteroatoms. The maximum Gasteiger partial charge on any atom is 0.439 e. The Labute approximate surface area is 280 Å². The number of hydrogen-bond acceptors (Lipinski definition) is 8. The van der Waals surface area contributed by atoms with E-state index in [2.05, 4.69) is 27.2 Å². The molecular formula is C36H34ClFN6O4. The van der Waals surface area contributed by atoms with E-state index in [1.54, 1.807) is 30.5 Å². The summed E-state index contributed by atoms with van der Waals surface area (Å²) >= 11 is 5.96. The highest BCUT2D eigenvalue weighted by atomic mass is 35.5. The quantitative estimate of drug-likeness (QED) is 0.155. The molecule has 0 spiro atoms. The highest BCUT2D eigenvalue weighted by molar-refractivity contribution is 6.30. The van der Waals surface area contributed by atoms with Crippen molar-refractivity contribution in [3.8, 4) is 22.5 Å². The predicted octanol–water partition coefficient (Wildman–Crippen LogP) is 7.05. The average Bonchev–Trinajstić information content (AvgIpc) is 3.73. The lowest BCUT2D eigenvalue weighted by Crippen LogP contribution is -2.30. The van der Waals surface area contributed by atoms with Crippen LogP contribution in [-0.2, 0) is 24.8 Å². The third-order valence-corrected chi connectivity index (χ3v) is 8.73. The molecule has 6 rings (SSSR count). The summed E-state index contributed by atoms with van der Waals surface area (Å²) < 4.78 is 26.8. The van der Waals surface area contributed by atoms with E-state index in [9.17, 15) is 14.0 Å². The Bertz CT molecular complexity index is 2200. The van der Waals surface area contributed by atoms with Crippen LogP contribution < -0.4 is 11.3 Å². The zero-order valence-electron chi connectivity index (χ0n) is 27.0. The molecule has 10 nitrogen and oxygen atoms in total. The zero-order chi connectivity index (χ0) is 34.0. The van der Waals surface area contributed by atoms with E-state index in [1.807, 2.05) is 55.5 Å². The van der Waals surface area contributed by atoms with Gasteiger partial charge in [-0.1, -0.05) is 89.9 Å². The topological polar surface area (TPSA) is 133 Å². The van der Waals surface area contributed by atoms with Gasteiger partial charge in [0.1, 0.15) is 11.6 Å². The molecule has 3 aromatic heterocycles. The number of unbranched alkanes of at least 4 members (excludes halogenated alkanes) is 1. The van der Waals surface area contributed by atoms with Gasteiger partial charge < -0.3 is 4.52 Å². The van der Waals surface area contributed by atoms with Crippen molar-refractivity contribution in [3.05, 3.63) is 138 Å². The molecule has 0 radical (unpaired) electrons.